The Kier molecular flexibility index (Phi) is 6.75. The zero-order valence-electron chi connectivity index (χ0n) is 15.4. The first-order chi connectivity index (χ1) is 12.5. The lowest BCUT2D eigenvalue weighted by molar-refractivity contribution is -0.138. The zero-order chi connectivity index (χ0) is 20.4. The Morgan fingerprint density at radius 1 is 1.11 bits per heavy atom. The maximum atomic E-state index is 12.9. The molecule has 1 heterocycles. The lowest BCUT2D eigenvalue weighted by atomic mass is 10.1. The predicted octanol–water partition coefficient (Wildman–Crippen LogP) is 3.49. The van der Waals surface area contributed by atoms with Gasteiger partial charge in [0.1, 0.15) is 0 Å². The van der Waals surface area contributed by atoms with Crippen molar-refractivity contribution in [2.24, 2.45) is 5.92 Å². The summed E-state index contributed by atoms with van der Waals surface area (Å²) in [5.74, 6) is -0.410. The number of carbonyl (C=O) groups is 2. The van der Waals surface area contributed by atoms with E-state index in [1.165, 1.54) is 6.07 Å². The van der Waals surface area contributed by atoms with E-state index in [4.69, 9.17) is 11.6 Å². The normalized spacial score (nSPS) is 17.1. The summed E-state index contributed by atoms with van der Waals surface area (Å²) in [6.45, 7) is 7.47. The Balaban J connectivity index is 1.98. The van der Waals surface area contributed by atoms with Crippen LogP contribution in [0.3, 0.4) is 0 Å². The largest absolute Gasteiger partial charge is 0.417 e. The van der Waals surface area contributed by atoms with E-state index in [0.717, 1.165) is 12.1 Å². The number of anilines is 1. The van der Waals surface area contributed by atoms with E-state index >= 15 is 0 Å². The number of nitrogens with zero attached hydrogens (tertiary/aromatic N) is 2. The molecule has 1 aliphatic rings. The van der Waals surface area contributed by atoms with Crippen molar-refractivity contribution in [3.05, 3.63) is 28.8 Å². The maximum absolute atomic E-state index is 12.9. The molecule has 150 valence electrons. The van der Waals surface area contributed by atoms with Crippen LogP contribution in [0, 0.1) is 5.92 Å². The Hall–Kier alpha value is -1.80. The van der Waals surface area contributed by atoms with Crippen molar-refractivity contribution in [1.29, 1.82) is 0 Å². The molecule has 1 atom stereocenters. The molecule has 0 radical (unpaired) electrons. The first-order valence-electron chi connectivity index (χ1n) is 8.71. The summed E-state index contributed by atoms with van der Waals surface area (Å²) in [6, 6.07) is 2.74. The number of nitrogens with one attached hydrogen (secondary N) is 1. The van der Waals surface area contributed by atoms with Crippen LogP contribution in [0.5, 0.6) is 0 Å². The highest BCUT2D eigenvalue weighted by molar-refractivity contribution is 6.31. The molecule has 0 aliphatic carbocycles. The fourth-order valence-corrected chi connectivity index (χ4v) is 3.15. The fourth-order valence-electron chi connectivity index (χ4n) is 2.93. The van der Waals surface area contributed by atoms with E-state index in [9.17, 15) is 22.8 Å². The molecule has 1 saturated heterocycles. The smallest absolute Gasteiger partial charge is 0.340 e. The van der Waals surface area contributed by atoms with Gasteiger partial charge in [-0.1, -0.05) is 25.4 Å². The Bertz CT molecular complexity index is 702. The third kappa shape index (κ3) is 5.35. The first kappa shape index (κ1) is 21.5. The summed E-state index contributed by atoms with van der Waals surface area (Å²) in [7, 11) is 0. The van der Waals surface area contributed by atoms with Crippen molar-refractivity contribution in [2.45, 2.75) is 33.0 Å². The van der Waals surface area contributed by atoms with Crippen LogP contribution < -0.4 is 5.32 Å². The Labute approximate surface area is 161 Å². The van der Waals surface area contributed by atoms with Crippen molar-refractivity contribution >= 4 is 29.1 Å². The second-order valence-electron chi connectivity index (χ2n) is 6.87. The molecule has 0 saturated carbocycles. The van der Waals surface area contributed by atoms with Crippen LogP contribution in [-0.2, 0) is 15.8 Å². The van der Waals surface area contributed by atoms with Gasteiger partial charge >= 0.3 is 6.18 Å². The minimum absolute atomic E-state index is 0.0391. The highest BCUT2D eigenvalue weighted by Gasteiger charge is 2.34. The zero-order valence-corrected chi connectivity index (χ0v) is 16.2. The third-order valence-electron chi connectivity index (χ3n) is 4.59. The van der Waals surface area contributed by atoms with E-state index in [0.29, 0.717) is 26.2 Å². The van der Waals surface area contributed by atoms with Crippen molar-refractivity contribution < 1.29 is 22.8 Å². The Morgan fingerprint density at radius 3 is 2.22 bits per heavy atom. The average molecular weight is 406 g/mol. The van der Waals surface area contributed by atoms with Gasteiger partial charge in [0.05, 0.1) is 16.6 Å². The van der Waals surface area contributed by atoms with E-state index < -0.39 is 28.7 Å². The van der Waals surface area contributed by atoms with Crippen molar-refractivity contribution in [3.8, 4) is 0 Å². The second-order valence-corrected chi connectivity index (χ2v) is 7.28. The molecule has 1 N–H and O–H groups in total. The molecule has 0 spiro atoms. The number of amides is 2. The number of carbonyl (C=O) groups excluding carboxylic acids is 2. The molecular formula is C18H23ClF3N3O2. The molecule has 5 nitrogen and oxygen atoms in total. The molecule has 0 bridgehead atoms. The van der Waals surface area contributed by atoms with Gasteiger partial charge in [-0.05, 0) is 25.1 Å². The van der Waals surface area contributed by atoms with E-state index in [1.54, 1.807) is 11.8 Å². The number of piperazine rings is 1. The molecule has 1 fully saturated rings. The van der Waals surface area contributed by atoms with Gasteiger partial charge in [0.15, 0.2) is 0 Å². The van der Waals surface area contributed by atoms with E-state index in [2.05, 4.69) is 5.32 Å². The van der Waals surface area contributed by atoms with Crippen LogP contribution in [0.15, 0.2) is 18.2 Å². The summed E-state index contributed by atoms with van der Waals surface area (Å²) < 4.78 is 38.8. The SMILES string of the molecule is CC(C)C(=O)N1CCN(C(C)C(=O)Nc2ccc(Cl)c(C(F)(F)F)c2)CC1. The van der Waals surface area contributed by atoms with Crippen LogP contribution in [0.1, 0.15) is 26.3 Å². The van der Waals surface area contributed by atoms with Crippen molar-refractivity contribution in [2.75, 3.05) is 31.5 Å². The monoisotopic (exact) mass is 405 g/mol. The molecule has 2 rings (SSSR count). The fraction of sp³-hybridized carbons (Fsp3) is 0.556. The van der Waals surface area contributed by atoms with Gasteiger partial charge in [-0.3, -0.25) is 14.5 Å². The quantitative estimate of drug-likeness (QED) is 0.834. The summed E-state index contributed by atoms with van der Waals surface area (Å²) >= 11 is 5.59. The van der Waals surface area contributed by atoms with Crippen molar-refractivity contribution in [3.63, 3.8) is 0 Å². The van der Waals surface area contributed by atoms with Crippen molar-refractivity contribution in [1.82, 2.24) is 9.80 Å². The lowest BCUT2D eigenvalue weighted by Gasteiger charge is -2.38. The first-order valence-corrected chi connectivity index (χ1v) is 9.09. The van der Waals surface area contributed by atoms with Gasteiger partial charge in [-0.15, -0.1) is 0 Å². The molecule has 1 aromatic carbocycles. The minimum atomic E-state index is -4.59. The summed E-state index contributed by atoms with van der Waals surface area (Å²) in [6.07, 6.45) is -4.59. The number of rotatable bonds is 4. The number of hydrogen-bond donors (Lipinski definition) is 1. The molecule has 27 heavy (non-hydrogen) atoms. The van der Waals surface area contributed by atoms with Gasteiger partial charge in [-0.2, -0.15) is 13.2 Å². The van der Waals surface area contributed by atoms with Gasteiger partial charge in [0.25, 0.3) is 0 Å². The van der Waals surface area contributed by atoms with Crippen LogP contribution in [0.25, 0.3) is 0 Å². The topological polar surface area (TPSA) is 52.7 Å². The predicted molar refractivity (Wildman–Crippen MR) is 97.5 cm³/mol. The standard InChI is InChI=1S/C18H23ClF3N3O2/c1-11(2)17(27)25-8-6-24(7-9-25)12(3)16(26)23-13-4-5-15(19)14(10-13)18(20,21)22/h4-5,10-12H,6-9H2,1-3H3,(H,23,26). The highest BCUT2D eigenvalue weighted by atomic mass is 35.5. The molecule has 1 unspecified atom stereocenters. The molecule has 2 amide bonds. The lowest BCUT2D eigenvalue weighted by Crippen LogP contribution is -2.54. The number of alkyl halides is 3. The van der Waals surface area contributed by atoms with Crippen LogP contribution in [0.2, 0.25) is 5.02 Å². The third-order valence-corrected chi connectivity index (χ3v) is 4.92. The van der Waals surface area contributed by atoms with Gasteiger partial charge in [-0.25, -0.2) is 0 Å². The van der Waals surface area contributed by atoms with Gasteiger partial charge in [0, 0.05) is 37.8 Å². The maximum Gasteiger partial charge on any atom is 0.417 e. The summed E-state index contributed by atoms with van der Waals surface area (Å²) in [4.78, 5) is 28.1. The average Bonchev–Trinajstić information content (AvgIpc) is 2.61. The highest BCUT2D eigenvalue weighted by Crippen LogP contribution is 2.36. The van der Waals surface area contributed by atoms with E-state index in [1.807, 2.05) is 18.7 Å². The second kappa shape index (κ2) is 8.48. The van der Waals surface area contributed by atoms with Crippen LogP contribution in [-0.4, -0.2) is 53.8 Å². The molecule has 1 aliphatic heterocycles. The molecular weight excluding hydrogens is 383 g/mol. The molecule has 9 heteroatoms. The van der Waals surface area contributed by atoms with Crippen LogP contribution >= 0.6 is 11.6 Å². The van der Waals surface area contributed by atoms with Gasteiger partial charge < -0.3 is 10.2 Å². The number of benzene rings is 1. The summed E-state index contributed by atoms with van der Waals surface area (Å²) in [5.41, 5.74) is -0.951. The number of halogens is 4. The minimum Gasteiger partial charge on any atom is -0.340 e. The van der Waals surface area contributed by atoms with Crippen LogP contribution in [0.4, 0.5) is 18.9 Å². The van der Waals surface area contributed by atoms with E-state index in [-0.39, 0.29) is 17.5 Å². The molecule has 0 aromatic heterocycles. The summed E-state index contributed by atoms with van der Waals surface area (Å²) in [5, 5.41) is 2.09. The molecule has 1 aromatic rings. The Morgan fingerprint density at radius 2 is 1.70 bits per heavy atom. The number of hydrogen-bond acceptors (Lipinski definition) is 3. The van der Waals surface area contributed by atoms with Gasteiger partial charge in [0.2, 0.25) is 11.8 Å².